The Labute approximate surface area is 231 Å². The molecule has 4 rings (SSSR count). The number of rotatable bonds is 9. The fourth-order valence-corrected chi connectivity index (χ4v) is 5.48. The van der Waals surface area contributed by atoms with Gasteiger partial charge in [0.25, 0.3) is 11.8 Å². The fraction of sp³-hybridized carbons (Fsp3) is 0.259. The number of anilines is 2. The van der Waals surface area contributed by atoms with Crippen LogP contribution in [-0.2, 0) is 21.3 Å². The number of hydrogen-bond acceptors (Lipinski definition) is 5. The van der Waals surface area contributed by atoms with Crippen molar-refractivity contribution in [2.45, 2.75) is 25.5 Å². The van der Waals surface area contributed by atoms with E-state index in [-0.39, 0.29) is 24.1 Å². The summed E-state index contributed by atoms with van der Waals surface area (Å²) in [5.41, 5.74) is 1.78. The minimum atomic E-state index is -3.70. The summed E-state index contributed by atoms with van der Waals surface area (Å²) in [6.45, 7) is 1.03. The van der Waals surface area contributed by atoms with Crippen LogP contribution in [0.25, 0.3) is 0 Å². The average Bonchev–Trinajstić information content (AvgIpc) is 3.41. The largest absolute Gasteiger partial charge is 0.376 e. The maximum absolute atomic E-state index is 13.0. The lowest BCUT2D eigenvalue weighted by Gasteiger charge is -2.23. The molecule has 0 radical (unpaired) electrons. The molecule has 0 saturated carbocycles. The molecule has 1 fully saturated rings. The number of nitrogens with zero attached hydrogens (tertiary/aromatic N) is 1. The van der Waals surface area contributed by atoms with E-state index < -0.39 is 15.9 Å². The Morgan fingerprint density at radius 3 is 2.29 bits per heavy atom. The van der Waals surface area contributed by atoms with Crippen LogP contribution < -0.4 is 14.9 Å². The molecule has 1 atom stereocenters. The first-order valence-electron chi connectivity index (χ1n) is 11.9. The summed E-state index contributed by atoms with van der Waals surface area (Å²) in [7, 11) is -3.70. The number of halogens is 2. The number of hydrogen-bond donors (Lipinski definition) is 2. The number of amides is 2. The monoisotopic (exact) mass is 575 g/mol. The number of benzene rings is 3. The molecule has 8 nitrogen and oxygen atoms in total. The van der Waals surface area contributed by atoms with Crippen LogP contribution in [0.4, 0.5) is 11.4 Å². The summed E-state index contributed by atoms with van der Waals surface area (Å²) in [6, 6.07) is 17.7. The van der Waals surface area contributed by atoms with Crippen molar-refractivity contribution in [1.29, 1.82) is 0 Å². The Morgan fingerprint density at radius 1 is 0.974 bits per heavy atom. The van der Waals surface area contributed by atoms with Gasteiger partial charge in [0.05, 0.1) is 35.8 Å². The Kier molecular flexibility index (Phi) is 8.94. The van der Waals surface area contributed by atoms with Crippen LogP contribution >= 0.6 is 23.2 Å². The van der Waals surface area contributed by atoms with Gasteiger partial charge < -0.3 is 15.4 Å². The minimum Gasteiger partial charge on any atom is -0.376 e. The highest BCUT2D eigenvalue weighted by Crippen LogP contribution is 2.29. The van der Waals surface area contributed by atoms with Gasteiger partial charge in [0.15, 0.2) is 0 Å². The molecule has 0 bridgehead atoms. The molecule has 0 spiro atoms. The van der Waals surface area contributed by atoms with Crippen LogP contribution in [0, 0.1) is 0 Å². The Bertz CT molecular complexity index is 1400. The third-order valence-corrected chi connectivity index (χ3v) is 7.96. The second kappa shape index (κ2) is 12.2. The zero-order valence-electron chi connectivity index (χ0n) is 20.6. The molecule has 200 valence electrons. The molecule has 2 N–H and O–H groups in total. The van der Waals surface area contributed by atoms with E-state index >= 15 is 0 Å². The molecule has 3 aromatic rings. The SMILES string of the molecule is CS(=O)(=O)N(Cc1c(Cl)cccc1Cl)c1ccc(C(=O)Nc2ccccc2C(=O)NCC2CCCO2)cc1. The van der Waals surface area contributed by atoms with Gasteiger partial charge in [-0.2, -0.15) is 0 Å². The normalized spacial score (nSPS) is 15.2. The van der Waals surface area contributed by atoms with E-state index in [4.69, 9.17) is 27.9 Å². The molecule has 11 heteroatoms. The molecule has 1 aliphatic heterocycles. The lowest BCUT2D eigenvalue weighted by molar-refractivity contribution is 0.0858. The molecule has 0 aromatic heterocycles. The molecule has 1 saturated heterocycles. The molecule has 3 aromatic carbocycles. The topological polar surface area (TPSA) is 105 Å². The molecule has 2 amide bonds. The van der Waals surface area contributed by atoms with Crippen LogP contribution in [0.3, 0.4) is 0 Å². The van der Waals surface area contributed by atoms with E-state index in [0.29, 0.717) is 45.7 Å². The summed E-state index contributed by atoms with van der Waals surface area (Å²) >= 11 is 12.5. The van der Waals surface area contributed by atoms with Crippen LogP contribution in [-0.4, -0.2) is 45.7 Å². The zero-order valence-corrected chi connectivity index (χ0v) is 22.9. The lowest BCUT2D eigenvalue weighted by Crippen LogP contribution is -2.32. The fourth-order valence-electron chi connectivity index (χ4n) is 4.10. The van der Waals surface area contributed by atoms with Gasteiger partial charge in [-0.05, 0) is 61.4 Å². The number of sulfonamides is 1. The molecule has 1 unspecified atom stereocenters. The Morgan fingerprint density at radius 2 is 1.66 bits per heavy atom. The van der Waals surface area contributed by atoms with E-state index in [9.17, 15) is 18.0 Å². The van der Waals surface area contributed by atoms with Gasteiger partial charge in [0.1, 0.15) is 0 Å². The maximum atomic E-state index is 13.0. The first-order valence-corrected chi connectivity index (χ1v) is 14.5. The van der Waals surface area contributed by atoms with Crippen molar-refractivity contribution in [3.63, 3.8) is 0 Å². The third-order valence-electron chi connectivity index (χ3n) is 6.12. The summed E-state index contributed by atoms with van der Waals surface area (Å²) in [5.74, 6) is -0.759. The number of ether oxygens (including phenoxy) is 1. The van der Waals surface area contributed by atoms with Crippen molar-refractivity contribution in [2.24, 2.45) is 0 Å². The highest BCUT2D eigenvalue weighted by atomic mass is 35.5. The first-order chi connectivity index (χ1) is 18.1. The van der Waals surface area contributed by atoms with Gasteiger partial charge in [0, 0.05) is 34.3 Å². The molecule has 0 aliphatic carbocycles. The Hall–Kier alpha value is -3.11. The maximum Gasteiger partial charge on any atom is 0.255 e. The standard InChI is InChI=1S/C27H27Cl2N3O5S/c1-38(35,36)32(17-22-23(28)8-4-9-24(22)29)19-13-11-18(12-14-19)26(33)31-25-10-3-2-7-21(25)27(34)30-16-20-6-5-15-37-20/h2-4,7-14,20H,5-6,15-17H2,1H3,(H,30,34)(H,31,33). The lowest BCUT2D eigenvalue weighted by atomic mass is 10.1. The molecular formula is C27H27Cl2N3O5S. The summed E-state index contributed by atoms with van der Waals surface area (Å²) in [5, 5.41) is 6.33. The van der Waals surface area contributed by atoms with Crippen molar-refractivity contribution in [3.8, 4) is 0 Å². The zero-order chi connectivity index (χ0) is 27.3. The van der Waals surface area contributed by atoms with Crippen molar-refractivity contribution in [2.75, 3.05) is 29.0 Å². The van der Waals surface area contributed by atoms with E-state index in [1.54, 1.807) is 42.5 Å². The summed E-state index contributed by atoms with van der Waals surface area (Å²) in [6.07, 6.45) is 2.96. The Balaban J connectivity index is 1.49. The molecular weight excluding hydrogens is 549 g/mol. The van der Waals surface area contributed by atoms with Crippen LogP contribution in [0.2, 0.25) is 10.0 Å². The molecule has 38 heavy (non-hydrogen) atoms. The average molecular weight is 577 g/mol. The third kappa shape index (κ3) is 6.85. The van der Waals surface area contributed by atoms with Gasteiger partial charge in [-0.25, -0.2) is 8.42 Å². The molecule has 1 heterocycles. The second-order valence-corrected chi connectivity index (χ2v) is 11.6. The number of para-hydroxylation sites is 1. The summed E-state index contributed by atoms with van der Waals surface area (Å²) < 4.78 is 31.9. The quantitative estimate of drug-likeness (QED) is 0.368. The highest BCUT2D eigenvalue weighted by Gasteiger charge is 2.22. The molecule has 1 aliphatic rings. The van der Waals surface area contributed by atoms with Gasteiger partial charge in [-0.3, -0.25) is 13.9 Å². The van der Waals surface area contributed by atoms with Crippen molar-refractivity contribution in [1.82, 2.24) is 5.32 Å². The minimum absolute atomic E-state index is 0.000314. The number of nitrogens with one attached hydrogen (secondary N) is 2. The number of carbonyl (C=O) groups excluding carboxylic acids is 2. The first kappa shape index (κ1) is 27.9. The predicted molar refractivity (Wildman–Crippen MR) is 150 cm³/mol. The van der Waals surface area contributed by atoms with Crippen molar-refractivity contribution < 1.29 is 22.7 Å². The smallest absolute Gasteiger partial charge is 0.255 e. The van der Waals surface area contributed by atoms with E-state index in [0.717, 1.165) is 23.4 Å². The second-order valence-electron chi connectivity index (χ2n) is 8.86. The van der Waals surface area contributed by atoms with Gasteiger partial charge in [-0.15, -0.1) is 0 Å². The highest BCUT2D eigenvalue weighted by molar-refractivity contribution is 7.92. The summed E-state index contributed by atoms with van der Waals surface area (Å²) in [4.78, 5) is 25.7. The van der Waals surface area contributed by atoms with E-state index in [1.165, 1.54) is 24.3 Å². The van der Waals surface area contributed by atoms with Gasteiger partial charge in [0.2, 0.25) is 10.0 Å². The van der Waals surface area contributed by atoms with Crippen molar-refractivity contribution in [3.05, 3.63) is 93.5 Å². The van der Waals surface area contributed by atoms with Crippen LogP contribution in [0.1, 0.15) is 39.1 Å². The van der Waals surface area contributed by atoms with Gasteiger partial charge in [-0.1, -0.05) is 41.4 Å². The van der Waals surface area contributed by atoms with Crippen LogP contribution in [0.5, 0.6) is 0 Å². The van der Waals surface area contributed by atoms with Gasteiger partial charge >= 0.3 is 0 Å². The van der Waals surface area contributed by atoms with E-state index in [2.05, 4.69) is 10.6 Å². The van der Waals surface area contributed by atoms with E-state index in [1.807, 2.05) is 0 Å². The van der Waals surface area contributed by atoms with Crippen LogP contribution in [0.15, 0.2) is 66.7 Å². The van der Waals surface area contributed by atoms with Crippen molar-refractivity contribution >= 4 is 56.4 Å². The predicted octanol–water partition coefficient (Wildman–Crippen LogP) is 5.12. The number of carbonyl (C=O) groups is 2.